The molecule has 5 nitrogen and oxygen atoms in total. The molecule has 2 aromatic rings. The van der Waals surface area contributed by atoms with Gasteiger partial charge in [0, 0.05) is 11.4 Å². The van der Waals surface area contributed by atoms with Crippen LogP contribution in [0.3, 0.4) is 0 Å². The molecule has 2 N–H and O–H groups in total. The second-order valence-electron chi connectivity index (χ2n) is 4.42. The second kappa shape index (κ2) is 5.73. The van der Waals surface area contributed by atoms with Crippen LogP contribution in [0.15, 0.2) is 18.2 Å². The second-order valence-corrected chi connectivity index (χ2v) is 5.24. The molecule has 1 aromatic heterocycles. The Balaban J connectivity index is 2.10. The van der Waals surface area contributed by atoms with Gasteiger partial charge >= 0.3 is 0 Å². The Morgan fingerprint density at radius 2 is 1.90 bits per heavy atom. The van der Waals surface area contributed by atoms with Crippen molar-refractivity contribution in [1.82, 2.24) is 9.78 Å². The van der Waals surface area contributed by atoms with Crippen LogP contribution in [0.25, 0.3) is 0 Å². The molecule has 1 amide bonds. The summed E-state index contributed by atoms with van der Waals surface area (Å²) in [6.45, 7) is 3.83. The number of amides is 1. The van der Waals surface area contributed by atoms with Crippen molar-refractivity contribution in [2.45, 2.75) is 20.4 Å². The zero-order valence-corrected chi connectivity index (χ0v) is 12.5. The van der Waals surface area contributed by atoms with Crippen LogP contribution in [0.2, 0.25) is 10.0 Å². The van der Waals surface area contributed by atoms with Gasteiger partial charge in [0.05, 0.1) is 15.7 Å². The number of phenolic OH excluding ortho intramolecular Hbond substituents is 1. The lowest BCUT2D eigenvalue weighted by molar-refractivity contribution is -0.116. The van der Waals surface area contributed by atoms with Gasteiger partial charge in [0.2, 0.25) is 5.91 Å². The Bertz CT molecular complexity index is 645. The Labute approximate surface area is 126 Å². The lowest BCUT2D eigenvalue weighted by Crippen LogP contribution is -2.20. The maximum Gasteiger partial charge on any atom is 0.246 e. The summed E-state index contributed by atoms with van der Waals surface area (Å²) < 4.78 is 1.61. The van der Waals surface area contributed by atoms with E-state index in [1.54, 1.807) is 4.68 Å². The lowest BCUT2D eigenvalue weighted by atomic mass is 10.3. The van der Waals surface area contributed by atoms with E-state index in [1.807, 2.05) is 19.9 Å². The van der Waals surface area contributed by atoms with Crippen molar-refractivity contribution in [2.75, 3.05) is 5.32 Å². The van der Waals surface area contributed by atoms with Crippen LogP contribution in [0.5, 0.6) is 5.75 Å². The summed E-state index contributed by atoms with van der Waals surface area (Å²) >= 11 is 11.6. The Morgan fingerprint density at radius 1 is 1.30 bits per heavy atom. The van der Waals surface area contributed by atoms with Crippen LogP contribution in [0.1, 0.15) is 11.4 Å². The number of nitrogens with one attached hydrogen (secondary N) is 1. The van der Waals surface area contributed by atoms with Crippen LogP contribution < -0.4 is 5.32 Å². The predicted octanol–water partition coefficient (Wildman–Crippen LogP) is 3.15. The fourth-order valence-electron chi connectivity index (χ4n) is 1.81. The van der Waals surface area contributed by atoms with E-state index >= 15 is 0 Å². The first-order valence-electron chi connectivity index (χ1n) is 5.85. The van der Waals surface area contributed by atoms with Crippen molar-refractivity contribution in [3.05, 3.63) is 39.6 Å². The van der Waals surface area contributed by atoms with Gasteiger partial charge in [-0.2, -0.15) is 5.10 Å². The Morgan fingerprint density at radius 3 is 2.40 bits per heavy atom. The SMILES string of the molecule is Cc1cc(C)n(CC(=O)Nc2cc(Cl)c(O)c(Cl)c2)n1. The molecule has 0 aliphatic carbocycles. The molecule has 0 bridgehead atoms. The quantitative estimate of drug-likeness (QED) is 0.855. The number of phenols is 1. The lowest BCUT2D eigenvalue weighted by Gasteiger charge is -2.08. The Hall–Kier alpha value is -1.72. The number of aromatic hydroxyl groups is 1. The molecule has 0 aliphatic heterocycles. The van der Waals surface area contributed by atoms with E-state index in [1.165, 1.54) is 12.1 Å². The molecule has 1 heterocycles. The summed E-state index contributed by atoms with van der Waals surface area (Å²) in [6.07, 6.45) is 0. The van der Waals surface area contributed by atoms with E-state index < -0.39 is 0 Å². The third-order valence-electron chi connectivity index (χ3n) is 2.70. The van der Waals surface area contributed by atoms with Crippen molar-refractivity contribution < 1.29 is 9.90 Å². The van der Waals surface area contributed by atoms with Crippen molar-refractivity contribution in [2.24, 2.45) is 0 Å². The summed E-state index contributed by atoms with van der Waals surface area (Å²) in [5.41, 5.74) is 2.18. The van der Waals surface area contributed by atoms with Gasteiger partial charge in [-0.3, -0.25) is 9.48 Å². The Kier molecular flexibility index (Phi) is 4.20. The monoisotopic (exact) mass is 313 g/mol. The number of carbonyl (C=O) groups is 1. The molecular formula is C13H13Cl2N3O2. The highest BCUT2D eigenvalue weighted by atomic mass is 35.5. The highest BCUT2D eigenvalue weighted by molar-refractivity contribution is 6.37. The zero-order valence-electron chi connectivity index (χ0n) is 10.9. The number of rotatable bonds is 3. The summed E-state index contributed by atoms with van der Waals surface area (Å²) in [5.74, 6) is -0.459. The number of benzene rings is 1. The maximum absolute atomic E-state index is 11.9. The fraction of sp³-hybridized carbons (Fsp3) is 0.231. The standard InChI is InChI=1S/C13H13Cl2N3O2/c1-7-3-8(2)18(17-7)6-12(19)16-9-4-10(14)13(20)11(15)5-9/h3-5,20H,6H2,1-2H3,(H,16,19). The van der Waals surface area contributed by atoms with Crippen molar-refractivity contribution in [3.63, 3.8) is 0 Å². The zero-order chi connectivity index (χ0) is 14.9. The molecule has 0 unspecified atom stereocenters. The number of anilines is 1. The molecular weight excluding hydrogens is 301 g/mol. The van der Waals surface area contributed by atoms with Crippen molar-refractivity contribution >= 4 is 34.8 Å². The molecule has 0 radical (unpaired) electrons. The number of aromatic nitrogens is 2. The predicted molar refractivity (Wildman–Crippen MR) is 78.5 cm³/mol. The molecule has 0 aliphatic rings. The van der Waals surface area contributed by atoms with Gasteiger partial charge in [-0.15, -0.1) is 0 Å². The average Bonchev–Trinajstić information content (AvgIpc) is 2.64. The molecule has 106 valence electrons. The van der Waals surface area contributed by atoms with Gasteiger partial charge in [0.15, 0.2) is 5.75 Å². The molecule has 0 fully saturated rings. The largest absolute Gasteiger partial charge is 0.505 e. The topological polar surface area (TPSA) is 67.2 Å². The number of hydrogen-bond acceptors (Lipinski definition) is 3. The third-order valence-corrected chi connectivity index (χ3v) is 3.27. The number of aryl methyl sites for hydroxylation is 2. The van der Waals surface area contributed by atoms with Gasteiger partial charge in [0.25, 0.3) is 0 Å². The fourth-order valence-corrected chi connectivity index (χ4v) is 2.30. The molecule has 2 rings (SSSR count). The number of carbonyl (C=O) groups excluding carboxylic acids is 1. The van der Waals surface area contributed by atoms with Gasteiger partial charge in [-0.05, 0) is 32.0 Å². The smallest absolute Gasteiger partial charge is 0.246 e. The van der Waals surface area contributed by atoms with Crippen molar-refractivity contribution in [3.8, 4) is 5.75 Å². The van der Waals surface area contributed by atoms with E-state index in [4.69, 9.17) is 23.2 Å². The van der Waals surface area contributed by atoms with E-state index in [2.05, 4.69) is 10.4 Å². The first kappa shape index (κ1) is 14.7. The minimum atomic E-state index is -0.256. The molecule has 0 saturated carbocycles. The van der Waals surface area contributed by atoms with E-state index in [0.29, 0.717) is 5.69 Å². The molecule has 1 aromatic carbocycles. The number of hydrogen-bond donors (Lipinski definition) is 2. The molecule has 0 saturated heterocycles. The summed E-state index contributed by atoms with van der Waals surface area (Å²) in [5, 5.41) is 16.5. The van der Waals surface area contributed by atoms with Crippen LogP contribution in [0.4, 0.5) is 5.69 Å². The first-order valence-corrected chi connectivity index (χ1v) is 6.61. The van der Waals surface area contributed by atoms with Gasteiger partial charge < -0.3 is 10.4 Å². The number of nitrogens with zero attached hydrogens (tertiary/aromatic N) is 2. The maximum atomic E-state index is 11.9. The minimum absolute atomic E-state index is 0.0823. The molecule has 0 atom stereocenters. The van der Waals surface area contributed by atoms with Crippen molar-refractivity contribution in [1.29, 1.82) is 0 Å². The van der Waals surface area contributed by atoms with Crippen LogP contribution in [-0.4, -0.2) is 20.8 Å². The van der Waals surface area contributed by atoms with E-state index in [-0.39, 0.29) is 28.2 Å². The summed E-state index contributed by atoms with van der Waals surface area (Å²) in [6, 6.07) is 4.76. The molecule has 0 spiro atoms. The first-order chi connectivity index (χ1) is 9.36. The highest BCUT2D eigenvalue weighted by Crippen LogP contribution is 2.34. The van der Waals surface area contributed by atoms with Crippen LogP contribution >= 0.6 is 23.2 Å². The van der Waals surface area contributed by atoms with Crippen LogP contribution in [-0.2, 0) is 11.3 Å². The molecule has 7 heteroatoms. The summed E-state index contributed by atoms with van der Waals surface area (Å²) in [7, 11) is 0. The number of halogens is 2. The highest BCUT2D eigenvalue weighted by Gasteiger charge is 2.11. The van der Waals surface area contributed by atoms with Crippen LogP contribution in [0, 0.1) is 13.8 Å². The average molecular weight is 314 g/mol. The van der Waals surface area contributed by atoms with E-state index in [9.17, 15) is 9.90 Å². The summed E-state index contributed by atoms with van der Waals surface area (Å²) in [4.78, 5) is 11.9. The normalized spacial score (nSPS) is 10.6. The molecule has 20 heavy (non-hydrogen) atoms. The minimum Gasteiger partial charge on any atom is -0.505 e. The van der Waals surface area contributed by atoms with E-state index in [0.717, 1.165) is 11.4 Å². The van der Waals surface area contributed by atoms with Gasteiger partial charge in [0.1, 0.15) is 6.54 Å². The van der Waals surface area contributed by atoms with Gasteiger partial charge in [-0.1, -0.05) is 23.2 Å². The third kappa shape index (κ3) is 3.23. The van der Waals surface area contributed by atoms with Gasteiger partial charge in [-0.25, -0.2) is 0 Å².